The van der Waals surface area contributed by atoms with Crippen LogP contribution in [-0.4, -0.2) is 35.0 Å². The zero-order valence-corrected chi connectivity index (χ0v) is 15.2. The van der Waals surface area contributed by atoms with Crippen LogP contribution in [-0.2, 0) is 9.53 Å². The molecular weight excluding hydrogens is 338 g/mol. The van der Waals surface area contributed by atoms with Crippen LogP contribution >= 0.6 is 0 Å². The minimum Gasteiger partial charge on any atom is -0.463 e. The predicted molar refractivity (Wildman–Crippen MR) is 95.3 cm³/mol. The molecule has 8 nitrogen and oxygen atoms in total. The number of hydrogen-bond donors (Lipinski definition) is 1. The number of nitrogens with zero attached hydrogens (tertiary/aromatic N) is 2. The van der Waals surface area contributed by atoms with E-state index in [1.165, 1.54) is 29.2 Å². The minimum atomic E-state index is -0.708. The predicted octanol–water partition coefficient (Wildman–Crippen LogP) is 3.30. The van der Waals surface area contributed by atoms with E-state index in [4.69, 9.17) is 4.74 Å². The molecule has 1 atom stereocenters. The van der Waals surface area contributed by atoms with Gasteiger partial charge in [-0.25, -0.2) is 9.59 Å². The summed E-state index contributed by atoms with van der Waals surface area (Å²) < 4.78 is 5.17. The van der Waals surface area contributed by atoms with Gasteiger partial charge in [0, 0.05) is 24.4 Å². The summed E-state index contributed by atoms with van der Waals surface area (Å²) in [6.45, 7) is 6.17. The third-order valence-corrected chi connectivity index (χ3v) is 4.26. The van der Waals surface area contributed by atoms with Gasteiger partial charge in [-0.3, -0.25) is 15.0 Å². The van der Waals surface area contributed by atoms with Crippen LogP contribution in [0.25, 0.3) is 0 Å². The molecule has 0 saturated heterocycles. The summed E-state index contributed by atoms with van der Waals surface area (Å²) in [5.74, 6) is -0.505. The number of carbonyl (C=O) groups is 2. The summed E-state index contributed by atoms with van der Waals surface area (Å²) in [7, 11) is 0. The first-order valence-electron chi connectivity index (χ1n) is 8.60. The molecule has 140 valence electrons. The molecule has 1 aliphatic heterocycles. The average Bonchev–Trinajstić information content (AvgIpc) is 2.61. The molecule has 0 unspecified atom stereocenters. The van der Waals surface area contributed by atoms with Gasteiger partial charge in [0.2, 0.25) is 0 Å². The molecule has 2 rings (SSSR count). The lowest BCUT2D eigenvalue weighted by Crippen LogP contribution is -2.48. The summed E-state index contributed by atoms with van der Waals surface area (Å²) in [5.41, 5.74) is 1.42. The molecular formula is C18H23N3O5. The standard InChI is InChI=1S/C18H23N3O5/c1-4-6-11-20-12(3)15(17(22)26-5-2)16(19-18(20)23)13-7-9-14(10-8-13)21(24)25/h7-10,16H,4-6,11H2,1-3H3,(H,19,23)/t16-/m1/s1. The van der Waals surface area contributed by atoms with Gasteiger partial charge in [-0.15, -0.1) is 0 Å². The van der Waals surface area contributed by atoms with E-state index in [0.717, 1.165) is 12.8 Å². The number of hydrogen-bond acceptors (Lipinski definition) is 5. The van der Waals surface area contributed by atoms with E-state index in [2.05, 4.69) is 5.32 Å². The van der Waals surface area contributed by atoms with Gasteiger partial charge in [0.1, 0.15) is 0 Å². The number of non-ortho nitro benzene ring substituents is 1. The summed E-state index contributed by atoms with van der Waals surface area (Å²) in [4.78, 5) is 36.9. The highest BCUT2D eigenvalue weighted by molar-refractivity contribution is 5.95. The fourth-order valence-corrected chi connectivity index (χ4v) is 2.88. The van der Waals surface area contributed by atoms with Crippen LogP contribution in [0.15, 0.2) is 35.5 Å². The van der Waals surface area contributed by atoms with Crippen molar-refractivity contribution in [2.45, 2.75) is 39.7 Å². The number of nitro benzene ring substituents is 1. The van der Waals surface area contributed by atoms with Gasteiger partial charge in [-0.2, -0.15) is 0 Å². The normalized spacial score (nSPS) is 17.1. The van der Waals surface area contributed by atoms with E-state index in [1.807, 2.05) is 6.92 Å². The Kier molecular flexibility index (Phi) is 6.32. The molecule has 8 heteroatoms. The first-order valence-corrected chi connectivity index (χ1v) is 8.60. The van der Waals surface area contributed by atoms with E-state index < -0.39 is 16.9 Å². The van der Waals surface area contributed by atoms with Crippen LogP contribution in [0.4, 0.5) is 10.5 Å². The van der Waals surface area contributed by atoms with Gasteiger partial charge in [-0.05, 0) is 38.0 Å². The Hall–Kier alpha value is -2.90. The molecule has 0 aliphatic carbocycles. The van der Waals surface area contributed by atoms with Crippen LogP contribution in [0, 0.1) is 10.1 Å². The number of unbranched alkanes of at least 4 members (excludes halogenated alkanes) is 1. The molecule has 2 amide bonds. The second-order valence-corrected chi connectivity index (χ2v) is 5.96. The molecule has 0 bridgehead atoms. The highest BCUT2D eigenvalue weighted by atomic mass is 16.6. The van der Waals surface area contributed by atoms with Crippen LogP contribution in [0.1, 0.15) is 45.2 Å². The van der Waals surface area contributed by atoms with Crippen LogP contribution in [0.2, 0.25) is 0 Å². The van der Waals surface area contributed by atoms with E-state index in [1.54, 1.807) is 13.8 Å². The number of esters is 1. The second kappa shape index (κ2) is 8.46. The minimum absolute atomic E-state index is 0.0566. The monoisotopic (exact) mass is 361 g/mol. The number of carbonyl (C=O) groups excluding carboxylic acids is 2. The zero-order valence-electron chi connectivity index (χ0n) is 15.2. The van der Waals surface area contributed by atoms with E-state index >= 15 is 0 Å². The zero-order chi connectivity index (χ0) is 19.3. The smallest absolute Gasteiger partial charge is 0.338 e. The van der Waals surface area contributed by atoms with Crippen LogP contribution in [0.3, 0.4) is 0 Å². The van der Waals surface area contributed by atoms with Gasteiger partial charge in [-0.1, -0.05) is 13.3 Å². The van der Waals surface area contributed by atoms with Crippen molar-refractivity contribution >= 4 is 17.7 Å². The van der Waals surface area contributed by atoms with Crippen molar-refractivity contribution in [3.63, 3.8) is 0 Å². The number of amides is 2. The summed E-state index contributed by atoms with van der Waals surface area (Å²) in [6, 6.07) is 4.77. The number of nitro groups is 1. The fourth-order valence-electron chi connectivity index (χ4n) is 2.88. The van der Waals surface area contributed by atoms with Gasteiger partial charge < -0.3 is 10.1 Å². The molecule has 26 heavy (non-hydrogen) atoms. The lowest BCUT2D eigenvalue weighted by molar-refractivity contribution is -0.384. The molecule has 0 fully saturated rings. The van der Waals surface area contributed by atoms with Crippen molar-refractivity contribution in [3.8, 4) is 0 Å². The summed E-state index contributed by atoms with van der Waals surface area (Å²) in [6.07, 6.45) is 1.72. The molecule has 1 aliphatic rings. The second-order valence-electron chi connectivity index (χ2n) is 5.96. The lowest BCUT2D eigenvalue weighted by Gasteiger charge is -2.35. The number of urea groups is 1. The molecule has 0 radical (unpaired) electrons. The van der Waals surface area contributed by atoms with Gasteiger partial charge >= 0.3 is 12.0 Å². The first kappa shape index (κ1) is 19.4. The van der Waals surface area contributed by atoms with Crippen LogP contribution < -0.4 is 5.32 Å². The fraction of sp³-hybridized carbons (Fsp3) is 0.444. The molecule has 0 spiro atoms. The van der Waals surface area contributed by atoms with Crippen molar-refractivity contribution in [3.05, 3.63) is 51.2 Å². The topological polar surface area (TPSA) is 102 Å². The Balaban J connectivity index is 2.45. The van der Waals surface area contributed by atoms with Gasteiger partial charge in [0.15, 0.2) is 0 Å². The number of benzene rings is 1. The Morgan fingerprint density at radius 3 is 2.50 bits per heavy atom. The van der Waals surface area contributed by atoms with E-state index in [-0.39, 0.29) is 18.3 Å². The Bertz CT molecular complexity index is 727. The highest BCUT2D eigenvalue weighted by Crippen LogP contribution is 2.32. The van der Waals surface area contributed by atoms with E-state index in [9.17, 15) is 19.7 Å². The number of allylic oxidation sites excluding steroid dienone is 1. The van der Waals surface area contributed by atoms with Gasteiger partial charge in [0.05, 0.1) is 23.1 Å². The van der Waals surface area contributed by atoms with Gasteiger partial charge in [0.25, 0.3) is 5.69 Å². The number of rotatable bonds is 7. The summed E-state index contributed by atoms with van der Waals surface area (Å²) >= 11 is 0. The van der Waals surface area contributed by atoms with Crippen LogP contribution in [0.5, 0.6) is 0 Å². The largest absolute Gasteiger partial charge is 0.463 e. The van der Waals surface area contributed by atoms with Crippen molar-refractivity contribution in [2.75, 3.05) is 13.2 Å². The number of nitrogens with one attached hydrogen (secondary N) is 1. The molecule has 0 aromatic heterocycles. The molecule has 1 heterocycles. The Labute approximate surface area is 152 Å². The quantitative estimate of drug-likeness (QED) is 0.456. The maximum atomic E-state index is 12.5. The van der Waals surface area contributed by atoms with Crippen molar-refractivity contribution in [2.24, 2.45) is 0 Å². The maximum Gasteiger partial charge on any atom is 0.338 e. The highest BCUT2D eigenvalue weighted by Gasteiger charge is 2.36. The average molecular weight is 361 g/mol. The van der Waals surface area contributed by atoms with Crippen molar-refractivity contribution in [1.29, 1.82) is 0 Å². The molecule has 1 aromatic carbocycles. The summed E-state index contributed by atoms with van der Waals surface area (Å²) in [5, 5.41) is 13.7. The van der Waals surface area contributed by atoms with E-state index in [0.29, 0.717) is 23.4 Å². The number of ether oxygens (including phenoxy) is 1. The lowest BCUT2D eigenvalue weighted by atomic mass is 9.94. The van der Waals surface area contributed by atoms with Crippen molar-refractivity contribution in [1.82, 2.24) is 10.2 Å². The first-order chi connectivity index (χ1) is 12.4. The SMILES string of the molecule is CCCCN1C(=O)N[C@H](c2ccc([N+](=O)[O-])cc2)C(C(=O)OCC)=C1C. The Morgan fingerprint density at radius 1 is 1.31 bits per heavy atom. The van der Waals surface area contributed by atoms with Crippen molar-refractivity contribution < 1.29 is 19.2 Å². The maximum absolute atomic E-state index is 12.5. The molecule has 1 aromatic rings. The molecule has 1 N–H and O–H groups in total. The Morgan fingerprint density at radius 2 is 1.96 bits per heavy atom. The third kappa shape index (κ3) is 4.01. The molecule has 0 saturated carbocycles. The third-order valence-electron chi connectivity index (χ3n) is 4.26.